The second-order valence-corrected chi connectivity index (χ2v) is 1.27. The van der Waals surface area contributed by atoms with Gasteiger partial charge in [-0.3, -0.25) is 4.79 Å². The highest BCUT2D eigenvalue weighted by Gasteiger charge is 1.82. The first-order chi connectivity index (χ1) is 2.77. The van der Waals surface area contributed by atoms with Crippen molar-refractivity contribution < 1.29 is 4.79 Å². The maximum absolute atomic E-state index is 9.77. The average Bonchev–Trinajstić information content (AvgIpc) is 1.35. The van der Waals surface area contributed by atoms with Gasteiger partial charge in [-0.15, -0.1) is 19.1 Å². The number of carbonyl (C=O) groups excluding carboxylic acids is 1. The minimum atomic E-state index is -0.252. The summed E-state index contributed by atoms with van der Waals surface area (Å²) in [4.78, 5) is 9.77. The van der Waals surface area contributed by atoms with Crippen LogP contribution in [0.2, 0.25) is 0 Å². The van der Waals surface area contributed by atoms with E-state index in [1.807, 2.05) is 0 Å². The van der Waals surface area contributed by atoms with E-state index in [0.717, 1.165) is 0 Å². The SMILES string of the molecule is C#CCC(=O)S. The van der Waals surface area contributed by atoms with Crippen molar-refractivity contribution in [3.63, 3.8) is 0 Å². The molecule has 0 aliphatic heterocycles. The van der Waals surface area contributed by atoms with E-state index in [-0.39, 0.29) is 11.5 Å². The van der Waals surface area contributed by atoms with Crippen LogP contribution in [0.4, 0.5) is 0 Å². The largest absolute Gasteiger partial charge is 0.286 e. The predicted octanol–water partition coefficient (Wildman–Crippen LogP) is 0.466. The topological polar surface area (TPSA) is 17.1 Å². The Labute approximate surface area is 42.1 Å². The molecule has 0 rings (SSSR count). The third-order valence-corrected chi connectivity index (χ3v) is 0.411. The first-order valence-electron chi connectivity index (χ1n) is 1.42. The van der Waals surface area contributed by atoms with Crippen LogP contribution in [-0.4, -0.2) is 5.12 Å². The fourth-order valence-corrected chi connectivity index (χ4v) is 0.179. The van der Waals surface area contributed by atoms with E-state index in [1.54, 1.807) is 0 Å². The summed E-state index contributed by atoms with van der Waals surface area (Å²) >= 11 is 3.40. The van der Waals surface area contributed by atoms with Gasteiger partial charge in [-0.05, 0) is 0 Å². The molecule has 0 aliphatic rings. The first-order valence-corrected chi connectivity index (χ1v) is 1.87. The number of hydrogen-bond acceptors (Lipinski definition) is 1. The lowest BCUT2D eigenvalue weighted by Crippen LogP contribution is -1.77. The van der Waals surface area contributed by atoms with Gasteiger partial charge in [-0.1, -0.05) is 5.92 Å². The Morgan fingerprint density at radius 3 is 2.50 bits per heavy atom. The lowest BCUT2D eigenvalue weighted by molar-refractivity contribution is -0.109. The number of carbonyl (C=O) groups is 1. The van der Waals surface area contributed by atoms with Crippen LogP contribution < -0.4 is 0 Å². The van der Waals surface area contributed by atoms with Crippen LogP contribution >= 0.6 is 12.6 Å². The highest BCUT2D eigenvalue weighted by atomic mass is 32.1. The molecule has 6 heavy (non-hydrogen) atoms. The molecular formula is C4H4OS. The maximum Gasteiger partial charge on any atom is 0.197 e. The van der Waals surface area contributed by atoms with E-state index in [9.17, 15) is 4.79 Å². The fourth-order valence-electron chi connectivity index (χ4n) is 0.0873. The lowest BCUT2D eigenvalue weighted by Gasteiger charge is -1.71. The summed E-state index contributed by atoms with van der Waals surface area (Å²) in [5.41, 5.74) is 0. The van der Waals surface area contributed by atoms with Gasteiger partial charge in [0.05, 0.1) is 6.42 Å². The molecule has 0 unspecified atom stereocenters. The Bertz CT molecular complexity index is 90.2. The fraction of sp³-hybridized carbons (Fsp3) is 0.250. The summed E-state index contributed by atoms with van der Waals surface area (Å²) < 4.78 is 0. The summed E-state index contributed by atoms with van der Waals surface area (Å²) in [5, 5.41) is -0.252. The van der Waals surface area contributed by atoms with E-state index in [1.165, 1.54) is 0 Å². The van der Waals surface area contributed by atoms with Gasteiger partial charge in [-0.2, -0.15) is 0 Å². The van der Waals surface area contributed by atoms with Crippen molar-refractivity contribution in [2.75, 3.05) is 0 Å². The van der Waals surface area contributed by atoms with E-state index < -0.39 is 0 Å². The maximum atomic E-state index is 9.77. The molecule has 0 amide bonds. The van der Waals surface area contributed by atoms with Gasteiger partial charge in [0.2, 0.25) is 0 Å². The normalized spacial score (nSPS) is 6.67. The highest BCUT2D eigenvalue weighted by Crippen LogP contribution is 1.81. The van der Waals surface area contributed by atoms with Gasteiger partial charge < -0.3 is 0 Å². The lowest BCUT2D eigenvalue weighted by atomic mass is 10.5. The average molecular weight is 100 g/mol. The summed E-state index contributed by atoms with van der Waals surface area (Å²) in [6, 6.07) is 0. The molecule has 0 aliphatic carbocycles. The van der Waals surface area contributed by atoms with Crippen molar-refractivity contribution in [2.45, 2.75) is 6.42 Å². The van der Waals surface area contributed by atoms with Crippen LogP contribution in [-0.2, 0) is 4.79 Å². The zero-order chi connectivity index (χ0) is 4.99. The third-order valence-electron chi connectivity index (χ3n) is 0.253. The minimum absolute atomic E-state index is 0.128. The molecule has 0 radical (unpaired) electrons. The Morgan fingerprint density at radius 1 is 2.00 bits per heavy atom. The number of thiol groups is 1. The molecule has 0 aromatic carbocycles. The second-order valence-electron chi connectivity index (χ2n) is 0.775. The zero-order valence-electron chi connectivity index (χ0n) is 3.14. The molecule has 0 atom stereocenters. The standard InChI is InChI=1S/C4H4OS/c1-2-3-4(5)6/h1H,3H2,(H,5,6). The molecule has 0 saturated heterocycles. The summed E-state index contributed by atoms with van der Waals surface area (Å²) in [5.74, 6) is 2.14. The molecule has 0 heterocycles. The smallest absolute Gasteiger partial charge is 0.197 e. The molecule has 0 fully saturated rings. The summed E-state index contributed by atoms with van der Waals surface area (Å²) in [7, 11) is 0. The van der Waals surface area contributed by atoms with E-state index in [4.69, 9.17) is 6.42 Å². The van der Waals surface area contributed by atoms with Crippen molar-refractivity contribution >= 4 is 17.7 Å². The monoisotopic (exact) mass is 100.0 g/mol. The minimum Gasteiger partial charge on any atom is -0.286 e. The summed E-state index contributed by atoms with van der Waals surface area (Å²) in [6.45, 7) is 0. The van der Waals surface area contributed by atoms with Crippen LogP contribution in [0.15, 0.2) is 0 Å². The number of hydrogen-bond donors (Lipinski definition) is 1. The molecule has 0 aromatic heterocycles. The molecular weight excluding hydrogens is 96.1 g/mol. The summed E-state index contributed by atoms with van der Waals surface area (Å²) in [6.07, 6.45) is 4.84. The molecule has 0 bridgehead atoms. The molecule has 0 saturated carbocycles. The van der Waals surface area contributed by atoms with Crippen LogP contribution in [0.3, 0.4) is 0 Å². The number of terminal acetylenes is 1. The van der Waals surface area contributed by atoms with Crippen molar-refractivity contribution in [3.8, 4) is 12.3 Å². The third kappa shape index (κ3) is 3.58. The molecule has 0 spiro atoms. The van der Waals surface area contributed by atoms with Crippen molar-refractivity contribution in [3.05, 3.63) is 0 Å². The Morgan fingerprint density at radius 2 is 2.50 bits per heavy atom. The number of rotatable bonds is 1. The quantitative estimate of drug-likeness (QED) is 0.374. The van der Waals surface area contributed by atoms with Gasteiger partial charge >= 0.3 is 0 Å². The molecule has 2 heteroatoms. The Balaban J connectivity index is 3.13. The molecule has 32 valence electrons. The van der Waals surface area contributed by atoms with Crippen LogP contribution in [0.25, 0.3) is 0 Å². The van der Waals surface area contributed by atoms with Gasteiger partial charge in [0.25, 0.3) is 0 Å². The van der Waals surface area contributed by atoms with Crippen LogP contribution in [0.5, 0.6) is 0 Å². The van der Waals surface area contributed by atoms with Crippen LogP contribution in [0.1, 0.15) is 6.42 Å². The van der Waals surface area contributed by atoms with E-state index in [2.05, 4.69) is 18.5 Å². The van der Waals surface area contributed by atoms with Gasteiger partial charge in [0.15, 0.2) is 5.12 Å². The molecule has 0 aromatic rings. The van der Waals surface area contributed by atoms with Crippen molar-refractivity contribution in [1.82, 2.24) is 0 Å². The highest BCUT2D eigenvalue weighted by molar-refractivity contribution is 7.96. The van der Waals surface area contributed by atoms with Gasteiger partial charge in [-0.25, -0.2) is 0 Å². The van der Waals surface area contributed by atoms with Crippen molar-refractivity contribution in [1.29, 1.82) is 0 Å². The molecule has 0 N–H and O–H groups in total. The second kappa shape index (κ2) is 2.80. The Hall–Kier alpha value is -0.420. The van der Waals surface area contributed by atoms with E-state index >= 15 is 0 Å². The van der Waals surface area contributed by atoms with Gasteiger partial charge in [0, 0.05) is 0 Å². The van der Waals surface area contributed by atoms with Crippen LogP contribution in [0, 0.1) is 12.3 Å². The Kier molecular flexibility index (Phi) is 2.60. The molecule has 1 nitrogen and oxygen atoms in total. The first kappa shape index (κ1) is 5.58. The zero-order valence-corrected chi connectivity index (χ0v) is 4.03. The van der Waals surface area contributed by atoms with Gasteiger partial charge in [0.1, 0.15) is 0 Å². The predicted molar refractivity (Wildman–Crippen MR) is 27.4 cm³/mol. The van der Waals surface area contributed by atoms with E-state index in [0.29, 0.717) is 0 Å². The van der Waals surface area contributed by atoms with Crippen molar-refractivity contribution in [2.24, 2.45) is 0 Å².